The summed E-state index contributed by atoms with van der Waals surface area (Å²) in [4.78, 5) is 11.5. The molecule has 0 spiro atoms. The minimum absolute atomic E-state index is 0.0303. The molecule has 2 atom stereocenters. The zero-order valence-corrected chi connectivity index (χ0v) is 10.7. The van der Waals surface area contributed by atoms with E-state index in [2.05, 4.69) is 12.6 Å². The summed E-state index contributed by atoms with van der Waals surface area (Å²) in [6.07, 6.45) is -0.971. The van der Waals surface area contributed by atoms with Crippen LogP contribution in [0.4, 0.5) is 0 Å². The third kappa shape index (κ3) is 3.84. The highest BCUT2D eigenvalue weighted by Gasteiger charge is 2.18. The predicted octanol–water partition coefficient (Wildman–Crippen LogP) is 1.99. The lowest BCUT2D eigenvalue weighted by atomic mass is 9.98. The van der Waals surface area contributed by atoms with Crippen LogP contribution in [0.1, 0.15) is 41.8 Å². The Morgan fingerprint density at radius 1 is 1.41 bits per heavy atom. The number of ketones is 1. The van der Waals surface area contributed by atoms with Crippen LogP contribution in [0.5, 0.6) is 0 Å². The first kappa shape index (κ1) is 14.2. The number of benzene rings is 1. The molecule has 0 radical (unpaired) electrons. The molecule has 2 N–H and O–H groups in total. The van der Waals surface area contributed by atoms with Gasteiger partial charge in [-0.25, -0.2) is 0 Å². The number of Topliss-reactive ketones (excluding diaryl/α,β-unsaturated/α-hetero) is 1. The summed E-state index contributed by atoms with van der Waals surface area (Å²) in [6.45, 7) is 1.79. The summed E-state index contributed by atoms with van der Waals surface area (Å²) in [5, 5.41) is 19.6. The van der Waals surface area contributed by atoms with Gasteiger partial charge < -0.3 is 10.2 Å². The summed E-state index contributed by atoms with van der Waals surface area (Å²) in [6, 6.07) is 6.78. The maximum Gasteiger partial charge on any atom is 0.162 e. The van der Waals surface area contributed by atoms with Gasteiger partial charge >= 0.3 is 0 Å². The van der Waals surface area contributed by atoms with Gasteiger partial charge in [0.1, 0.15) is 6.10 Å². The van der Waals surface area contributed by atoms with Crippen LogP contribution in [0.2, 0.25) is 0 Å². The van der Waals surface area contributed by atoms with Gasteiger partial charge in [-0.15, -0.1) is 0 Å². The molecule has 0 aliphatic carbocycles. The van der Waals surface area contributed by atoms with E-state index in [1.54, 1.807) is 31.2 Å². The molecule has 1 rings (SSSR count). The average molecular weight is 254 g/mol. The fourth-order valence-corrected chi connectivity index (χ4v) is 1.88. The molecule has 0 aromatic heterocycles. The second-order valence-corrected chi connectivity index (χ2v) is 4.37. The maximum absolute atomic E-state index is 11.5. The zero-order chi connectivity index (χ0) is 12.8. The summed E-state index contributed by atoms with van der Waals surface area (Å²) < 4.78 is 0. The van der Waals surface area contributed by atoms with Crippen LogP contribution in [0, 0.1) is 0 Å². The quantitative estimate of drug-likeness (QED) is 0.537. The number of aliphatic hydroxyl groups excluding tert-OH is 2. The molecule has 0 aliphatic heterocycles. The van der Waals surface area contributed by atoms with Gasteiger partial charge in [-0.3, -0.25) is 4.79 Å². The van der Waals surface area contributed by atoms with E-state index in [0.29, 0.717) is 29.7 Å². The molecule has 3 nitrogen and oxygen atoms in total. The van der Waals surface area contributed by atoms with Crippen LogP contribution in [-0.4, -0.2) is 27.9 Å². The standard InChI is InChI=1S/C13H18O3S/c1-2-11(14)9-4-3-5-10(8-9)13(16)12(15)6-7-17/h3-5,8,12-13,15-17H,2,6-7H2,1H3. The largest absolute Gasteiger partial charge is 0.390 e. The van der Waals surface area contributed by atoms with Crippen LogP contribution < -0.4 is 0 Å². The van der Waals surface area contributed by atoms with Crippen LogP contribution in [0.3, 0.4) is 0 Å². The summed E-state index contributed by atoms with van der Waals surface area (Å²) in [5.74, 6) is 0.536. The van der Waals surface area contributed by atoms with Crippen LogP contribution in [0.25, 0.3) is 0 Å². The van der Waals surface area contributed by atoms with Gasteiger partial charge in [0, 0.05) is 12.0 Å². The van der Waals surface area contributed by atoms with Gasteiger partial charge in [0.15, 0.2) is 5.78 Å². The van der Waals surface area contributed by atoms with Crippen LogP contribution in [0.15, 0.2) is 24.3 Å². The first-order valence-electron chi connectivity index (χ1n) is 5.70. The van der Waals surface area contributed by atoms with Crippen molar-refractivity contribution in [3.05, 3.63) is 35.4 Å². The van der Waals surface area contributed by atoms with Crippen molar-refractivity contribution in [3.8, 4) is 0 Å². The van der Waals surface area contributed by atoms with Crippen LogP contribution in [-0.2, 0) is 0 Å². The van der Waals surface area contributed by atoms with E-state index in [4.69, 9.17) is 0 Å². The van der Waals surface area contributed by atoms with Crippen molar-refractivity contribution in [3.63, 3.8) is 0 Å². The fraction of sp³-hybridized carbons (Fsp3) is 0.462. The number of hydrogen-bond donors (Lipinski definition) is 3. The molecule has 0 aliphatic rings. The van der Waals surface area contributed by atoms with Crippen molar-refractivity contribution >= 4 is 18.4 Å². The molecule has 0 fully saturated rings. The monoisotopic (exact) mass is 254 g/mol. The average Bonchev–Trinajstić information content (AvgIpc) is 2.37. The minimum atomic E-state index is -0.966. The van der Waals surface area contributed by atoms with E-state index < -0.39 is 12.2 Å². The molecular formula is C13H18O3S. The van der Waals surface area contributed by atoms with Crippen molar-refractivity contribution in [1.29, 1.82) is 0 Å². The molecule has 2 unspecified atom stereocenters. The number of thiol groups is 1. The zero-order valence-electron chi connectivity index (χ0n) is 9.84. The Morgan fingerprint density at radius 3 is 2.71 bits per heavy atom. The Balaban J connectivity index is 2.87. The van der Waals surface area contributed by atoms with Crippen molar-refractivity contribution in [2.45, 2.75) is 32.0 Å². The molecule has 1 aromatic carbocycles. The van der Waals surface area contributed by atoms with Crippen molar-refractivity contribution in [2.24, 2.45) is 0 Å². The lowest BCUT2D eigenvalue weighted by molar-refractivity contribution is 0.0172. The lowest BCUT2D eigenvalue weighted by Gasteiger charge is -2.17. The van der Waals surface area contributed by atoms with Crippen LogP contribution >= 0.6 is 12.6 Å². The Hall–Kier alpha value is -0.840. The van der Waals surface area contributed by atoms with E-state index in [9.17, 15) is 15.0 Å². The molecule has 1 aromatic rings. The van der Waals surface area contributed by atoms with E-state index in [0.717, 1.165) is 0 Å². The molecule has 0 saturated carbocycles. The maximum atomic E-state index is 11.5. The highest BCUT2D eigenvalue weighted by Crippen LogP contribution is 2.20. The molecule has 0 saturated heterocycles. The molecule has 0 amide bonds. The van der Waals surface area contributed by atoms with E-state index >= 15 is 0 Å². The molecule has 94 valence electrons. The topological polar surface area (TPSA) is 57.5 Å². The highest BCUT2D eigenvalue weighted by molar-refractivity contribution is 7.80. The highest BCUT2D eigenvalue weighted by atomic mass is 32.1. The fourth-order valence-electron chi connectivity index (χ4n) is 1.61. The molecule has 0 heterocycles. The summed E-state index contributed by atoms with van der Waals surface area (Å²) >= 11 is 4.01. The normalized spacial score (nSPS) is 14.4. The van der Waals surface area contributed by atoms with Gasteiger partial charge in [0.2, 0.25) is 0 Å². The minimum Gasteiger partial charge on any atom is -0.390 e. The van der Waals surface area contributed by atoms with Gasteiger partial charge in [0.25, 0.3) is 0 Å². The van der Waals surface area contributed by atoms with E-state index in [1.807, 2.05) is 0 Å². The number of rotatable bonds is 6. The van der Waals surface area contributed by atoms with E-state index in [1.165, 1.54) is 0 Å². The third-order valence-corrected chi connectivity index (χ3v) is 2.92. The Kier molecular flexibility index (Phi) is 5.68. The molecule has 4 heteroatoms. The summed E-state index contributed by atoms with van der Waals surface area (Å²) in [7, 11) is 0. The lowest BCUT2D eigenvalue weighted by Crippen LogP contribution is -2.19. The Bertz CT molecular complexity index is 379. The Labute approximate surface area is 107 Å². The first-order chi connectivity index (χ1) is 8.10. The first-order valence-corrected chi connectivity index (χ1v) is 6.33. The van der Waals surface area contributed by atoms with Crippen molar-refractivity contribution in [2.75, 3.05) is 5.75 Å². The second kappa shape index (κ2) is 6.79. The Morgan fingerprint density at radius 2 is 2.12 bits per heavy atom. The smallest absolute Gasteiger partial charge is 0.162 e. The predicted molar refractivity (Wildman–Crippen MR) is 70.5 cm³/mol. The summed E-state index contributed by atoms with van der Waals surface area (Å²) in [5.41, 5.74) is 1.14. The number of aliphatic hydroxyl groups is 2. The third-order valence-electron chi connectivity index (χ3n) is 2.66. The molecule has 17 heavy (non-hydrogen) atoms. The molecule has 0 bridgehead atoms. The van der Waals surface area contributed by atoms with Crippen molar-refractivity contribution in [1.82, 2.24) is 0 Å². The number of carbonyl (C=O) groups excluding carboxylic acids is 1. The second-order valence-electron chi connectivity index (χ2n) is 3.93. The van der Waals surface area contributed by atoms with Gasteiger partial charge in [-0.2, -0.15) is 12.6 Å². The van der Waals surface area contributed by atoms with Crippen molar-refractivity contribution < 1.29 is 15.0 Å². The molecular weight excluding hydrogens is 236 g/mol. The number of carbonyl (C=O) groups is 1. The SMILES string of the molecule is CCC(=O)c1cccc(C(O)C(O)CCS)c1. The van der Waals surface area contributed by atoms with Gasteiger partial charge in [-0.05, 0) is 23.8 Å². The van der Waals surface area contributed by atoms with Gasteiger partial charge in [-0.1, -0.05) is 25.1 Å². The van der Waals surface area contributed by atoms with E-state index in [-0.39, 0.29) is 5.78 Å². The number of hydrogen-bond acceptors (Lipinski definition) is 4. The van der Waals surface area contributed by atoms with Gasteiger partial charge in [0.05, 0.1) is 6.10 Å².